The predicted octanol–water partition coefficient (Wildman–Crippen LogP) is 2.36. The number of nitrogens with two attached hydrogens (primary N) is 1. The molecule has 0 spiro atoms. The van der Waals surface area contributed by atoms with Gasteiger partial charge in [-0.2, -0.15) is 0 Å². The normalized spacial score (nSPS) is 10.8. The molecule has 0 unspecified atom stereocenters. The van der Waals surface area contributed by atoms with Crippen LogP contribution in [0.1, 0.15) is 44.2 Å². The summed E-state index contributed by atoms with van der Waals surface area (Å²) in [5.74, 6) is 0.218. The number of nitrogen functional groups attached to an aromatic ring is 1. The average Bonchev–Trinajstić information content (AvgIpc) is 2.67. The highest BCUT2D eigenvalue weighted by molar-refractivity contribution is 5.96. The molecule has 0 aliphatic heterocycles. The third-order valence-corrected chi connectivity index (χ3v) is 4.66. The second-order valence-electron chi connectivity index (χ2n) is 7.10. The van der Waals surface area contributed by atoms with Gasteiger partial charge in [0.05, 0.1) is 0 Å². The van der Waals surface area contributed by atoms with Crippen molar-refractivity contribution in [2.45, 2.75) is 53.5 Å². The van der Waals surface area contributed by atoms with Crippen molar-refractivity contribution >= 4 is 17.4 Å². The predicted molar refractivity (Wildman–Crippen MR) is 115 cm³/mol. The fourth-order valence-corrected chi connectivity index (χ4v) is 3.04. The fraction of sp³-hybridized carbons (Fsp3) is 0.476. The van der Waals surface area contributed by atoms with Gasteiger partial charge in [0, 0.05) is 13.1 Å². The lowest BCUT2D eigenvalue weighted by Crippen LogP contribution is -2.43. The van der Waals surface area contributed by atoms with Crippen LogP contribution in [0.4, 0.5) is 11.5 Å². The molecule has 2 rings (SSSR count). The van der Waals surface area contributed by atoms with Crippen LogP contribution in [0.5, 0.6) is 5.75 Å². The molecule has 1 aromatic carbocycles. The Labute approximate surface area is 170 Å². The van der Waals surface area contributed by atoms with Crippen molar-refractivity contribution in [3.8, 4) is 5.75 Å². The SMILES string of the molecule is CCCCn1c(N)c(N(CCC)C(=O)COc2cc(C)ccc2C)c(=O)[nH]c1=O. The molecular formula is C21H30N4O4. The van der Waals surface area contributed by atoms with E-state index in [1.807, 2.05) is 45.9 Å². The van der Waals surface area contributed by atoms with Crippen LogP contribution in [0.25, 0.3) is 0 Å². The van der Waals surface area contributed by atoms with Crippen LogP contribution in [0.3, 0.4) is 0 Å². The maximum absolute atomic E-state index is 12.9. The number of H-pyrrole nitrogens is 1. The molecule has 158 valence electrons. The minimum Gasteiger partial charge on any atom is -0.483 e. The number of nitrogens with zero attached hydrogens (tertiary/aromatic N) is 2. The molecule has 2 aromatic rings. The van der Waals surface area contributed by atoms with E-state index >= 15 is 0 Å². The molecule has 0 aliphatic rings. The van der Waals surface area contributed by atoms with Crippen molar-refractivity contribution in [3.63, 3.8) is 0 Å². The van der Waals surface area contributed by atoms with Gasteiger partial charge in [0.2, 0.25) is 0 Å². The number of unbranched alkanes of at least 4 members (excludes halogenated alkanes) is 1. The molecule has 0 radical (unpaired) electrons. The number of rotatable bonds is 9. The first-order valence-corrected chi connectivity index (χ1v) is 9.93. The number of amides is 1. The average molecular weight is 402 g/mol. The van der Waals surface area contributed by atoms with Gasteiger partial charge in [0.25, 0.3) is 11.5 Å². The standard InChI is InChI=1S/C21H30N4O4/c1-5-7-11-25-19(22)18(20(27)23-21(25)28)24(10-6-2)17(26)13-29-16-12-14(3)8-9-15(16)4/h8-9,12H,5-7,10-11,13,22H2,1-4H3,(H,23,27,28). The van der Waals surface area contributed by atoms with Crippen molar-refractivity contribution in [1.82, 2.24) is 9.55 Å². The van der Waals surface area contributed by atoms with Crippen LogP contribution in [0, 0.1) is 13.8 Å². The van der Waals surface area contributed by atoms with Crippen molar-refractivity contribution in [2.75, 3.05) is 23.8 Å². The minimum atomic E-state index is -0.672. The lowest BCUT2D eigenvalue weighted by Gasteiger charge is -2.24. The lowest BCUT2D eigenvalue weighted by atomic mass is 10.1. The summed E-state index contributed by atoms with van der Waals surface area (Å²) in [6.07, 6.45) is 2.21. The Morgan fingerprint density at radius 3 is 2.59 bits per heavy atom. The zero-order valence-corrected chi connectivity index (χ0v) is 17.6. The quantitative estimate of drug-likeness (QED) is 0.669. The number of anilines is 2. The summed E-state index contributed by atoms with van der Waals surface area (Å²) in [4.78, 5) is 41.2. The van der Waals surface area contributed by atoms with Gasteiger partial charge < -0.3 is 15.4 Å². The summed E-state index contributed by atoms with van der Waals surface area (Å²) >= 11 is 0. The molecule has 0 bridgehead atoms. The highest BCUT2D eigenvalue weighted by Gasteiger charge is 2.24. The highest BCUT2D eigenvalue weighted by Crippen LogP contribution is 2.21. The molecule has 1 aromatic heterocycles. The Morgan fingerprint density at radius 1 is 1.21 bits per heavy atom. The second-order valence-corrected chi connectivity index (χ2v) is 7.10. The third kappa shape index (κ3) is 5.28. The van der Waals surface area contributed by atoms with Crippen LogP contribution in [-0.2, 0) is 11.3 Å². The van der Waals surface area contributed by atoms with Gasteiger partial charge in [-0.15, -0.1) is 0 Å². The van der Waals surface area contributed by atoms with Crippen molar-refractivity contribution < 1.29 is 9.53 Å². The Bertz CT molecular complexity index is 978. The molecule has 8 nitrogen and oxygen atoms in total. The largest absolute Gasteiger partial charge is 0.483 e. The Hall–Kier alpha value is -3.03. The van der Waals surface area contributed by atoms with E-state index in [0.29, 0.717) is 18.7 Å². The van der Waals surface area contributed by atoms with Crippen LogP contribution >= 0.6 is 0 Å². The van der Waals surface area contributed by atoms with Gasteiger partial charge in [-0.1, -0.05) is 32.4 Å². The number of hydrogen-bond acceptors (Lipinski definition) is 5. The fourth-order valence-electron chi connectivity index (χ4n) is 3.04. The van der Waals surface area contributed by atoms with Crippen molar-refractivity contribution in [2.24, 2.45) is 0 Å². The van der Waals surface area contributed by atoms with Gasteiger partial charge >= 0.3 is 5.69 Å². The number of ether oxygens (including phenoxy) is 1. The number of carbonyl (C=O) groups excluding carboxylic acids is 1. The number of aromatic nitrogens is 2. The maximum Gasteiger partial charge on any atom is 0.330 e. The van der Waals surface area contributed by atoms with E-state index in [0.717, 1.165) is 24.0 Å². The second kappa shape index (κ2) is 9.95. The molecule has 29 heavy (non-hydrogen) atoms. The molecular weight excluding hydrogens is 372 g/mol. The van der Waals surface area contributed by atoms with Gasteiger partial charge in [-0.25, -0.2) is 4.79 Å². The number of benzene rings is 1. The van der Waals surface area contributed by atoms with Gasteiger partial charge in [-0.05, 0) is 43.9 Å². The number of carbonyl (C=O) groups is 1. The first kappa shape index (κ1) is 22.3. The Kier molecular flexibility index (Phi) is 7.64. The van der Waals surface area contributed by atoms with E-state index in [9.17, 15) is 14.4 Å². The van der Waals surface area contributed by atoms with Crippen molar-refractivity contribution in [3.05, 3.63) is 50.2 Å². The summed E-state index contributed by atoms with van der Waals surface area (Å²) in [5, 5.41) is 0. The lowest BCUT2D eigenvalue weighted by molar-refractivity contribution is -0.120. The van der Waals surface area contributed by atoms with Crippen LogP contribution in [0.2, 0.25) is 0 Å². The molecule has 0 atom stereocenters. The number of nitrogens with one attached hydrogen (secondary N) is 1. The van der Waals surface area contributed by atoms with E-state index < -0.39 is 17.2 Å². The Balaban J connectivity index is 2.35. The summed E-state index contributed by atoms with van der Waals surface area (Å²) in [6.45, 7) is 8.14. The van der Waals surface area contributed by atoms with Gasteiger partial charge in [0.1, 0.15) is 11.6 Å². The van der Waals surface area contributed by atoms with E-state index in [1.54, 1.807) is 0 Å². The first-order valence-electron chi connectivity index (χ1n) is 9.93. The summed E-state index contributed by atoms with van der Waals surface area (Å²) in [6, 6.07) is 5.75. The third-order valence-electron chi connectivity index (χ3n) is 4.66. The van der Waals surface area contributed by atoms with Crippen LogP contribution < -0.4 is 26.6 Å². The van der Waals surface area contributed by atoms with E-state index in [4.69, 9.17) is 10.5 Å². The van der Waals surface area contributed by atoms with E-state index in [2.05, 4.69) is 4.98 Å². The molecule has 0 saturated carbocycles. The molecule has 0 saturated heterocycles. The van der Waals surface area contributed by atoms with E-state index in [-0.39, 0.29) is 24.7 Å². The maximum atomic E-state index is 12.9. The van der Waals surface area contributed by atoms with E-state index in [1.165, 1.54) is 9.47 Å². The zero-order chi connectivity index (χ0) is 21.6. The topological polar surface area (TPSA) is 110 Å². The van der Waals surface area contributed by atoms with Crippen LogP contribution in [0.15, 0.2) is 27.8 Å². The zero-order valence-electron chi connectivity index (χ0n) is 17.6. The molecule has 0 fully saturated rings. The molecule has 8 heteroatoms. The minimum absolute atomic E-state index is 0.000682. The first-order chi connectivity index (χ1) is 13.8. The summed E-state index contributed by atoms with van der Waals surface area (Å²) < 4.78 is 7.02. The van der Waals surface area contributed by atoms with Crippen molar-refractivity contribution in [1.29, 1.82) is 0 Å². The molecule has 1 heterocycles. The Morgan fingerprint density at radius 2 is 1.93 bits per heavy atom. The monoisotopic (exact) mass is 402 g/mol. The van der Waals surface area contributed by atoms with Crippen LogP contribution in [-0.4, -0.2) is 28.6 Å². The van der Waals surface area contributed by atoms with Gasteiger partial charge in [0.15, 0.2) is 12.3 Å². The number of aryl methyl sites for hydroxylation is 2. The summed E-state index contributed by atoms with van der Waals surface area (Å²) in [7, 11) is 0. The summed E-state index contributed by atoms with van der Waals surface area (Å²) in [5.41, 5.74) is 6.84. The molecule has 3 N–H and O–H groups in total. The highest BCUT2D eigenvalue weighted by atomic mass is 16.5. The number of hydrogen-bond donors (Lipinski definition) is 2. The number of aromatic amines is 1. The molecule has 0 aliphatic carbocycles. The van der Waals surface area contributed by atoms with Gasteiger partial charge in [-0.3, -0.25) is 19.1 Å². The smallest absolute Gasteiger partial charge is 0.330 e. The molecule has 1 amide bonds.